The van der Waals surface area contributed by atoms with Gasteiger partial charge in [-0.2, -0.15) is 0 Å². The van der Waals surface area contributed by atoms with Crippen LogP contribution in [-0.2, 0) is 0 Å². The minimum absolute atomic E-state index is 0.339. The zero-order valence-electron chi connectivity index (χ0n) is 8.56. The molecule has 3 nitrogen and oxygen atoms in total. The Morgan fingerprint density at radius 3 is 2.50 bits per heavy atom. The van der Waals surface area contributed by atoms with Crippen LogP contribution in [0.1, 0.15) is 15.9 Å². The summed E-state index contributed by atoms with van der Waals surface area (Å²) < 4.78 is 0. The van der Waals surface area contributed by atoms with E-state index in [1.807, 2.05) is 0 Å². The number of hydrogen-bond donors (Lipinski definition) is 1. The standard InChI is InChI=1S/C12H11ClN2O/c1-9(15-7-12(13)6-14)11-4-2-10(8-16)3-5-11/h2-8H,1,14H2/b12-6+,15-7-. The lowest BCUT2D eigenvalue weighted by atomic mass is 10.1. The first-order valence-corrected chi connectivity index (χ1v) is 4.91. The van der Waals surface area contributed by atoms with Crippen molar-refractivity contribution in [3.05, 3.63) is 53.2 Å². The topological polar surface area (TPSA) is 55.4 Å². The van der Waals surface area contributed by atoms with Gasteiger partial charge in [0.15, 0.2) is 0 Å². The summed E-state index contributed by atoms with van der Waals surface area (Å²) in [7, 11) is 0. The summed E-state index contributed by atoms with van der Waals surface area (Å²) >= 11 is 5.64. The maximum Gasteiger partial charge on any atom is 0.150 e. The van der Waals surface area contributed by atoms with E-state index in [9.17, 15) is 4.79 Å². The summed E-state index contributed by atoms with van der Waals surface area (Å²) in [5, 5.41) is 0.339. The van der Waals surface area contributed by atoms with Crippen molar-refractivity contribution < 1.29 is 4.79 Å². The van der Waals surface area contributed by atoms with Crippen LogP contribution in [0.4, 0.5) is 0 Å². The molecule has 16 heavy (non-hydrogen) atoms. The minimum Gasteiger partial charge on any atom is -0.403 e. The molecule has 1 aromatic carbocycles. The Labute approximate surface area is 98.9 Å². The lowest BCUT2D eigenvalue weighted by molar-refractivity contribution is 0.112. The second-order valence-corrected chi connectivity index (χ2v) is 3.43. The molecule has 4 heteroatoms. The van der Waals surface area contributed by atoms with Crippen molar-refractivity contribution in [1.82, 2.24) is 0 Å². The zero-order chi connectivity index (χ0) is 12.0. The Morgan fingerprint density at radius 1 is 1.38 bits per heavy atom. The van der Waals surface area contributed by atoms with E-state index in [4.69, 9.17) is 17.3 Å². The molecule has 0 aliphatic carbocycles. The van der Waals surface area contributed by atoms with Gasteiger partial charge in [0.25, 0.3) is 0 Å². The lowest BCUT2D eigenvalue weighted by Crippen LogP contribution is -1.86. The number of allylic oxidation sites excluding steroid dienone is 1. The Kier molecular flexibility index (Phi) is 4.48. The highest BCUT2D eigenvalue weighted by molar-refractivity contribution is 6.39. The van der Waals surface area contributed by atoms with Gasteiger partial charge < -0.3 is 5.73 Å². The van der Waals surface area contributed by atoms with E-state index in [1.54, 1.807) is 24.3 Å². The second kappa shape index (κ2) is 5.88. The molecular formula is C12H11ClN2O. The fourth-order valence-corrected chi connectivity index (χ4v) is 1.06. The van der Waals surface area contributed by atoms with Gasteiger partial charge in [-0.25, -0.2) is 0 Å². The third-order valence-corrected chi connectivity index (χ3v) is 2.11. The third-order valence-electron chi connectivity index (χ3n) is 1.88. The van der Waals surface area contributed by atoms with Gasteiger partial charge in [-0.3, -0.25) is 9.79 Å². The summed E-state index contributed by atoms with van der Waals surface area (Å²) in [6, 6.07) is 6.93. The maximum atomic E-state index is 10.5. The summed E-state index contributed by atoms with van der Waals surface area (Å²) in [6.45, 7) is 3.77. The molecule has 1 aromatic rings. The number of carbonyl (C=O) groups is 1. The molecule has 0 saturated heterocycles. The Hall–Kier alpha value is -1.87. The van der Waals surface area contributed by atoms with E-state index in [0.717, 1.165) is 11.8 Å². The van der Waals surface area contributed by atoms with Crippen molar-refractivity contribution in [2.24, 2.45) is 10.7 Å². The van der Waals surface area contributed by atoms with Crippen LogP contribution in [-0.4, -0.2) is 12.5 Å². The normalized spacial score (nSPS) is 11.7. The van der Waals surface area contributed by atoms with Crippen LogP contribution < -0.4 is 5.73 Å². The van der Waals surface area contributed by atoms with Gasteiger partial charge in [-0.05, 0) is 5.56 Å². The van der Waals surface area contributed by atoms with Gasteiger partial charge in [0.05, 0.1) is 10.7 Å². The summed E-state index contributed by atoms with van der Waals surface area (Å²) in [4.78, 5) is 14.5. The van der Waals surface area contributed by atoms with Gasteiger partial charge in [0, 0.05) is 18.0 Å². The van der Waals surface area contributed by atoms with Gasteiger partial charge >= 0.3 is 0 Å². The molecule has 2 N–H and O–H groups in total. The number of halogens is 1. The number of nitrogens with zero attached hydrogens (tertiary/aromatic N) is 1. The van der Waals surface area contributed by atoms with E-state index >= 15 is 0 Å². The third kappa shape index (κ3) is 3.37. The average molecular weight is 235 g/mol. The molecule has 0 saturated carbocycles. The maximum absolute atomic E-state index is 10.5. The van der Waals surface area contributed by atoms with Crippen molar-refractivity contribution in [3.8, 4) is 0 Å². The van der Waals surface area contributed by atoms with Crippen LogP contribution in [0.3, 0.4) is 0 Å². The molecule has 0 unspecified atom stereocenters. The Morgan fingerprint density at radius 2 is 2.00 bits per heavy atom. The van der Waals surface area contributed by atoms with Crippen molar-refractivity contribution >= 4 is 29.8 Å². The van der Waals surface area contributed by atoms with E-state index in [-0.39, 0.29) is 0 Å². The van der Waals surface area contributed by atoms with Gasteiger partial charge in [0.2, 0.25) is 0 Å². The van der Waals surface area contributed by atoms with Crippen LogP contribution in [0.2, 0.25) is 0 Å². The van der Waals surface area contributed by atoms with Gasteiger partial charge in [-0.15, -0.1) is 0 Å². The number of benzene rings is 1. The highest BCUT2D eigenvalue weighted by Gasteiger charge is 1.96. The monoisotopic (exact) mass is 234 g/mol. The minimum atomic E-state index is 0.339. The fraction of sp³-hybridized carbons (Fsp3) is 0. The first-order chi connectivity index (χ1) is 7.67. The molecule has 0 spiro atoms. The van der Waals surface area contributed by atoms with Crippen molar-refractivity contribution in [3.63, 3.8) is 0 Å². The first-order valence-electron chi connectivity index (χ1n) is 4.53. The summed E-state index contributed by atoms with van der Waals surface area (Å²) in [6.07, 6.45) is 3.44. The molecule has 0 aliphatic heterocycles. The molecule has 0 amide bonds. The largest absolute Gasteiger partial charge is 0.403 e. The van der Waals surface area contributed by atoms with Crippen molar-refractivity contribution in [2.75, 3.05) is 0 Å². The molecular weight excluding hydrogens is 224 g/mol. The number of rotatable bonds is 4. The van der Waals surface area contributed by atoms with Crippen LogP contribution >= 0.6 is 11.6 Å². The number of aldehydes is 1. The summed E-state index contributed by atoms with van der Waals surface area (Å²) in [5.74, 6) is 0. The van der Waals surface area contributed by atoms with Crippen LogP contribution in [0.25, 0.3) is 5.70 Å². The number of carbonyl (C=O) groups excluding carboxylic acids is 1. The SMILES string of the molecule is C=C(/N=C\C(Cl)=C/N)c1ccc(C=O)cc1. The number of aliphatic imine (C=N–C) groups is 1. The molecule has 0 fully saturated rings. The van der Waals surface area contributed by atoms with Crippen molar-refractivity contribution in [1.29, 1.82) is 0 Å². The molecule has 0 aliphatic rings. The van der Waals surface area contributed by atoms with E-state index in [0.29, 0.717) is 16.3 Å². The quantitative estimate of drug-likeness (QED) is 0.643. The molecule has 0 atom stereocenters. The van der Waals surface area contributed by atoms with Crippen molar-refractivity contribution in [2.45, 2.75) is 0 Å². The molecule has 0 bridgehead atoms. The van der Waals surface area contributed by atoms with Crippen LogP contribution in [0.15, 0.2) is 47.1 Å². The molecule has 0 aromatic heterocycles. The van der Waals surface area contributed by atoms with E-state index in [1.165, 1.54) is 12.4 Å². The Bertz CT molecular complexity index is 447. The molecule has 0 radical (unpaired) electrons. The molecule has 82 valence electrons. The highest BCUT2D eigenvalue weighted by atomic mass is 35.5. The molecule has 0 heterocycles. The predicted molar refractivity (Wildman–Crippen MR) is 67.5 cm³/mol. The smallest absolute Gasteiger partial charge is 0.150 e. The van der Waals surface area contributed by atoms with E-state index < -0.39 is 0 Å². The highest BCUT2D eigenvalue weighted by Crippen LogP contribution is 2.14. The van der Waals surface area contributed by atoms with Crippen LogP contribution in [0, 0.1) is 0 Å². The Balaban J connectivity index is 2.81. The fourth-order valence-electron chi connectivity index (χ4n) is 1.01. The number of hydrogen-bond acceptors (Lipinski definition) is 3. The van der Waals surface area contributed by atoms with Gasteiger partial charge in [0.1, 0.15) is 6.29 Å². The molecule has 1 rings (SSSR count). The predicted octanol–water partition coefficient (Wildman–Crippen LogP) is 2.58. The van der Waals surface area contributed by atoms with Crippen LogP contribution in [0.5, 0.6) is 0 Å². The van der Waals surface area contributed by atoms with E-state index in [2.05, 4.69) is 11.6 Å². The first kappa shape index (κ1) is 12.2. The zero-order valence-corrected chi connectivity index (χ0v) is 9.32. The lowest BCUT2D eigenvalue weighted by Gasteiger charge is -1.99. The summed E-state index contributed by atoms with van der Waals surface area (Å²) in [5.41, 5.74) is 7.17. The average Bonchev–Trinajstić information content (AvgIpc) is 2.35. The van der Waals surface area contributed by atoms with Gasteiger partial charge in [-0.1, -0.05) is 42.4 Å². The number of nitrogens with two attached hydrogens (primary N) is 1. The second-order valence-electron chi connectivity index (χ2n) is 3.00.